The molecule has 0 fully saturated rings. The fourth-order valence-electron chi connectivity index (χ4n) is 3.85. The molecule has 1 aliphatic rings. The molecule has 4 rings (SSSR count). The van der Waals surface area contributed by atoms with Gasteiger partial charge in [0.05, 0.1) is 10.2 Å². The smallest absolute Gasteiger partial charge is 0.260 e. The fourth-order valence-corrected chi connectivity index (χ4v) is 4.87. The van der Waals surface area contributed by atoms with Crippen LogP contribution in [-0.4, -0.2) is 43.0 Å². The van der Waals surface area contributed by atoms with E-state index < -0.39 is 0 Å². The van der Waals surface area contributed by atoms with Crippen molar-refractivity contribution in [2.45, 2.75) is 32.1 Å². The van der Waals surface area contributed by atoms with Gasteiger partial charge in [0.25, 0.3) is 5.91 Å². The van der Waals surface area contributed by atoms with Gasteiger partial charge >= 0.3 is 0 Å². The van der Waals surface area contributed by atoms with Crippen LogP contribution in [-0.2, 0) is 12.8 Å². The molecule has 0 spiro atoms. The predicted molar refractivity (Wildman–Crippen MR) is 118 cm³/mol. The summed E-state index contributed by atoms with van der Waals surface area (Å²) in [6.07, 6.45) is 5.38. The Hall–Kier alpha value is -2.02. The zero-order chi connectivity index (χ0) is 20.4. The van der Waals surface area contributed by atoms with Crippen LogP contribution in [0.4, 0.5) is 9.52 Å². The first-order valence-electron chi connectivity index (χ1n) is 10.2. The summed E-state index contributed by atoms with van der Waals surface area (Å²) >= 11 is 1.37. The summed E-state index contributed by atoms with van der Waals surface area (Å²) in [7, 11) is 4.05. The van der Waals surface area contributed by atoms with Gasteiger partial charge in [-0.3, -0.25) is 9.69 Å². The number of aromatic nitrogens is 1. The van der Waals surface area contributed by atoms with Crippen LogP contribution in [0.15, 0.2) is 36.4 Å². The molecule has 4 nitrogen and oxygen atoms in total. The number of carbonyl (C=O) groups is 1. The van der Waals surface area contributed by atoms with E-state index in [-0.39, 0.29) is 24.1 Å². The van der Waals surface area contributed by atoms with Crippen LogP contribution in [0, 0.1) is 5.82 Å². The molecule has 0 aliphatic heterocycles. The molecule has 1 aromatic heterocycles. The van der Waals surface area contributed by atoms with E-state index in [1.165, 1.54) is 47.4 Å². The minimum Gasteiger partial charge on any atom is -1.00 e. The largest absolute Gasteiger partial charge is 1.00 e. The van der Waals surface area contributed by atoms with Crippen LogP contribution in [0.2, 0.25) is 0 Å². The molecule has 0 N–H and O–H groups in total. The Morgan fingerprint density at radius 2 is 1.83 bits per heavy atom. The second kappa shape index (κ2) is 9.86. The van der Waals surface area contributed by atoms with E-state index >= 15 is 0 Å². The minimum atomic E-state index is -0.284. The van der Waals surface area contributed by atoms with Crippen LogP contribution in [0.3, 0.4) is 0 Å². The maximum atomic E-state index is 13.6. The monoisotopic (exact) mass is 446 g/mol. The van der Waals surface area contributed by atoms with Crippen molar-refractivity contribution in [1.29, 1.82) is 0 Å². The molecule has 0 radical (unpaired) electrons. The highest BCUT2D eigenvalue weighted by Gasteiger charge is 2.22. The van der Waals surface area contributed by atoms with Crippen molar-refractivity contribution in [2.75, 3.05) is 32.1 Å². The fraction of sp³-hybridized carbons (Fsp3) is 0.391. The molecule has 1 aliphatic carbocycles. The highest BCUT2D eigenvalue weighted by Crippen LogP contribution is 2.31. The van der Waals surface area contributed by atoms with Crippen molar-refractivity contribution in [3.05, 3.63) is 58.9 Å². The van der Waals surface area contributed by atoms with Gasteiger partial charge in [0.1, 0.15) is 5.82 Å². The third-order valence-corrected chi connectivity index (χ3v) is 6.44. The van der Waals surface area contributed by atoms with E-state index in [4.69, 9.17) is 0 Å². The molecular weight excluding hydrogens is 421 g/mol. The van der Waals surface area contributed by atoms with Gasteiger partial charge in [0.2, 0.25) is 0 Å². The third-order valence-electron chi connectivity index (χ3n) is 5.40. The molecule has 1 amide bonds. The Labute approximate surface area is 187 Å². The molecule has 7 heteroatoms. The SMILES string of the molecule is CN(C)CCCN(C(=O)c1ccc2c(c1)CCCC2)c1nc2ccc(F)cc2s1.[Cl-]. The predicted octanol–water partition coefficient (Wildman–Crippen LogP) is 1.92. The first-order valence-corrected chi connectivity index (χ1v) is 11.0. The van der Waals surface area contributed by atoms with Gasteiger partial charge in [-0.1, -0.05) is 17.4 Å². The molecule has 1 heterocycles. The van der Waals surface area contributed by atoms with Crippen molar-refractivity contribution >= 4 is 32.6 Å². The van der Waals surface area contributed by atoms with Crippen molar-refractivity contribution < 1.29 is 21.6 Å². The van der Waals surface area contributed by atoms with Crippen molar-refractivity contribution in [1.82, 2.24) is 9.88 Å². The maximum absolute atomic E-state index is 13.6. The lowest BCUT2D eigenvalue weighted by molar-refractivity contribution is -0.0000141. The highest BCUT2D eigenvalue weighted by molar-refractivity contribution is 7.22. The standard InChI is InChI=1S/C23H26FN3OS.ClH/c1-26(2)12-5-13-27(23-25-20-11-10-19(24)15-21(20)29-23)22(28)18-9-8-16-6-3-4-7-17(16)14-18;/h8-11,14-15H,3-7,12-13H2,1-2H3;1H/p-1. The van der Waals surface area contributed by atoms with Crippen LogP contribution >= 0.6 is 11.3 Å². The molecule has 30 heavy (non-hydrogen) atoms. The van der Waals surface area contributed by atoms with Gasteiger partial charge in [-0.15, -0.1) is 0 Å². The second-order valence-corrected chi connectivity index (χ2v) is 8.92. The summed E-state index contributed by atoms with van der Waals surface area (Å²) in [6, 6.07) is 10.7. The summed E-state index contributed by atoms with van der Waals surface area (Å²) < 4.78 is 14.4. The number of anilines is 1. The highest BCUT2D eigenvalue weighted by atomic mass is 35.5. The van der Waals surface area contributed by atoms with Gasteiger partial charge in [-0.05, 0) is 94.2 Å². The number of nitrogens with zero attached hydrogens (tertiary/aromatic N) is 3. The number of aryl methyl sites for hydroxylation is 2. The van der Waals surface area contributed by atoms with E-state index in [0.29, 0.717) is 17.2 Å². The Morgan fingerprint density at radius 3 is 2.60 bits per heavy atom. The van der Waals surface area contributed by atoms with Gasteiger partial charge < -0.3 is 17.3 Å². The summed E-state index contributed by atoms with van der Waals surface area (Å²) in [5.41, 5.74) is 4.09. The zero-order valence-electron chi connectivity index (χ0n) is 17.3. The zero-order valence-corrected chi connectivity index (χ0v) is 18.9. The lowest BCUT2D eigenvalue weighted by Crippen LogP contribution is -3.00. The first kappa shape index (κ1) is 22.7. The molecule has 3 aromatic rings. The lowest BCUT2D eigenvalue weighted by Gasteiger charge is -2.22. The molecule has 0 saturated heterocycles. The number of halogens is 2. The topological polar surface area (TPSA) is 36.4 Å². The van der Waals surface area contributed by atoms with Crippen molar-refractivity contribution in [2.24, 2.45) is 0 Å². The number of fused-ring (bicyclic) bond motifs is 2. The minimum absolute atomic E-state index is 0. The van der Waals surface area contributed by atoms with Crippen LogP contribution in [0.1, 0.15) is 40.7 Å². The molecule has 2 aromatic carbocycles. The number of hydrogen-bond acceptors (Lipinski definition) is 4. The van der Waals surface area contributed by atoms with E-state index in [1.54, 1.807) is 11.0 Å². The summed E-state index contributed by atoms with van der Waals surface area (Å²) in [6.45, 7) is 1.46. The Morgan fingerprint density at radius 1 is 1.07 bits per heavy atom. The number of carbonyl (C=O) groups excluding carboxylic acids is 1. The molecule has 0 atom stereocenters. The number of hydrogen-bond donors (Lipinski definition) is 0. The Kier molecular flexibility index (Phi) is 7.45. The number of amides is 1. The quantitative estimate of drug-likeness (QED) is 0.580. The van der Waals surface area contributed by atoms with E-state index in [0.717, 1.165) is 36.0 Å². The number of thiazole rings is 1. The van der Waals surface area contributed by atoms with E-state index in [9.17, 15) is 9.18 Å². The third kappa shape index (κ3) is 4.99. The number of benzene rings is 2. The second-order valence-electron chi connectivity index (χ2n) is 7.91. The summed E-state index contributed by atoms with van der Waals surface area (Å²) in [5, 5.41) is 0.632. The maximum Gasteiger partial charge on any atom is 0.260 e. The van der Waals surface area contributed by atoms with E-state index in [1.807, 2.05) is 20.2 Å². The molecule has 160 valence electrons. The van der Waals surface area contributed by atoms with Crippen molar-refractivity contribution in [3.63, 3.8) is 0 Å². The first-order chi connectivity index (χ1) is 14.0. The van der Waals surface area contributed by atoms with Gasteiger partial charge in [0, 0.05) is 12.1 Å². The molecular formula is C23H26ClFN3OS-. The summed E-state index contributed by atoms with van der Waals surface area (Å²) in [4.78, 5) is 22.0. The van der Waals surface area contributed by atoms with Crippen molar-refractivity contribution in [3.8, 4) is 0 Å². The molecule has 0 unspecified atom stereocenters. The van der Waals surface area contributed by atoms with E-state index in [2.05, 4.69) is 22.0 Å². The van der Waals surface area contributed by atoms with Crippen LogP contribution in [0.5, 0.6) is 0 Å². The summed E-state index contributed by atoms with van der Waals surface area (Å²) in [5.74, 6) is -0.315. The van der Waals surface area contributed by atoms with Gasteiger partial charge in [-0.2, -0.15) is 0 Å². The normalized spacial score (nSPS) is 13.2. The lowest BCUT2D eigenvalue weighted by atomic mass is 9.90. The van der Waals surface area contributed by atoms with Gasteiger partial charge in [0.15, 0.2) is 5.13 Å². The average molecular weight is 447 g/mol. The Bertz CT molecular complexity index is 1040. The molecule has 0 bridgehead atoms. The number of rotatable bonds is 6. The Balaban J connectivity index is 0.00000256. The van der Waals surface area contributed by atoms with Crippen LogP contribution < -0.4 is 17.3 Å². The molecule has 0 saturated carbocycles. The van der Waals surface area contributed by atoms with Crippen LogP contribution in [0.25, 0.3) is 10.2 Å². The average Bonchev–Trinajstić information content (AvgIpc) is 3.13. The van der Waals surface area contributed by atoms with Gasteiger partial charge in [-0.25, -0.2) is 9.37 Å².